The van der Waals surface area contributed by atoms with Gasteiger partial charge in [-0.1, -0.05) is 0 Å². The van der Waals surface area contributed by atoms with Crippen LogP contribution in [0.4, 0.5) is 0 Å². The van der Waals surface area contributed by atoms with Gasteiger partial charge in [0, 0.05) is 20.8 Å². The number of ether oxygens (including phenoxy) is 4. The molecule has 0 saturated carbocycles. The number of esters is 4. The topological polar surface area (TPSA) is 125 Å². The van der Waals surface area contributed by atoms with Gasteiger partial charge < -0.3 is 24.1 Å². The zero-order chi connectivity index (χ0) is 16.2. The number of carbonyl (C=O) groups is 4. The van der Waals surface area contributed by atoms with Crippen LogP contribution in [0, 0.1) is 0 Å². The maximum Gasteiger partial charge on any atom is 0.352 e. The Labute approximate surface area is 120 Å². The molecule has 0 aromatic carbocycles. The minimum Gasteiger partial charge on any atom is -0.456 e. The maximum atomic E-state index is 11.7. The number of hydrogen-bond acceptors (Lipinski definition) is 9. The van der Waals surface area contributed by atoms with Crippen LogP contribution in [0.1, 0.15) is 20.8 Å². The summed E-state index contributed by atoms with van der Waals surface area (Å²) in [6, 6.07) is 0. The van der Waals surface area contributed by atoms with E-state index in [1.807, 2.05) is 0 Å². The van der Waals surface area contributed by atoms with Crippen molar-refractivity contribution in [1.29, 1.82) is 0 Å². The summed E-state index contributed by atoms with van der Waals surface area (Å²) >= 11 is 0. The fourth-order valence-corrected chi connectivity index (χ4v) is 1.90. The van der Waals surface area contributed by atoms with Crippen molar-refractivity contribution in [3.05, 3.63) is 0 Å². The molecule has 1 aliphatic rings. The number of aliphatic hydroxyl groups excluding tert-OH is 1. The summed E-state index contributed by atoms with van der Waals surface area (Å²) in [7, 11) is 0. The van der Waals surface area contributed by atoms with Gasteiger partial charge in [-0.25, -0.2) is 4.79 Å². The Kier molecular flexibility index (Phi) is 5.65. The molecule has 1 rings (SSSR count). The van der Waals surface area contributed by atoms with E-state index >= 15 is 0 Å². The first kappa shape index (κ1) is 16.9. The van der Waals surface area contributed by atoms with Crippen LogP contribution in [0.2, 0.25) is 0 Å². The molecule has 0 bridgehead atoms. The fourth-order valence-electron chi connectivity index (χ4n) is 1.90. The minimum absolute atomic E-state index is 0.665. The number of rotatable bonds is 5. The van der Waals surface area contributed by atoms with E-state index in [0.717, 1.165) is 20.8 Å². The number of aliphatic hydroxyl groups is 1. The van der Waals surface area contributed by atoms with Crippen molar-refractivity contribution in [1.82, 2.24) is 0 Å². The summed E-state index contributed by atoms with van der Waals surface area (Å²) in [5.41, 5.74) is 0. The zero-order valence-corrected chi connectivity index (χ0v) is 11.7. The normalized spacial score (nSPS) is 25.7. The Morgan fingerprint density at radius 2 is 1.71 bits per heavy atom. The third kappa shape index (κ3) is 4.42. The van der Waals surface area contributed by atoms with Crippen LogP contribution in [-0.2, 0) is 38.1 Å². The van der Waals surface area contributed by atoms with E-state index in [9.17, 15) is 24.3 Å². The Hall–Kier alpha value is -2.16. The summed E-state index contributed by atoms with van der Waals surface area (Å²) in [6.07, 6.45) is -5.28. The van der Waals surface area contributed by atoms with E-state index in [1.165, 1.54) is 0 Å². The molecule has 1 aliphatic heterocycles. The van der Waals surface area contributed by atoms with E-state index in [4.69, 9.17) is 18.9 Å². The molecule has 118 valence electrons. The quantitative estimate of drug-likeness (QED) is 0.487. The maximum absolute atomic E-state index is 11.7. The second-order valence-corrected chi connectivity index (χ2v) is 4.34. The van der Waals surface area contributed by atoms with Crippen LogP contribution in [0.5, 0.6) is 0 Å². The van der Waals surface area contributed by atoms with Crippen molar-refractivity contribution < 1.29 is 43.2 Å². The summed E-state index contributed by atoms with van der Waals surface area (Å²) in [6.45, 7) is 2.59. The van der Waals surface area contributed by atoms with Gasteiger partial charge in [0.25, 0.3) is 0 Å². The van der Waals surface area contributed by atoms with Crippen LogP contribution in [0.15, 0.2) is 0 Å². The van der Waals surface area contributed by atoms with Gasteiger partial charge in [-0.05, 0) is 0 Å². The smallest absolute Gasteiger partial charge is 0.352 e. The molecule has 1 saturated heterocycles. The molecule has 0 aromatic rings. The Balaban J connectivity index is 2.99. The van der Waals surface area contributed by atoms with Gasteiger partial charge in [-0.2, -0.15) is 0 Å². The van der Waals surface area contributed by atoms with Crippen molar-refractivity contribution in [2.24, 2.45) is 0 Å². The first-order valence-electron chi connectivity index (χ1n) is 6.09. The van der Waals surface area contributed by atoms with Gasteiger partial charge in [-0.3, -0.25) is 14.4 Å². The monoisotopic (exact) mass is 304 g/mol. The second kappa shape index (κ2) is 7.02. The van der Waals surface area contributed by atoms with Crippen LogP contribution in [0.3, 0.4) is 0 Å². The third-order valence-electron chi connectivity index (χ3n) is 2.57. The molecule has 0 unspecified atom stereocenters. The Morgan fingerprint density at radius 3 is 2.14 bits per heavy atom. The van der Waals surface area contributed by atoms with Crippen LogP contribution >= 0.6 is 0 Å². The van der Waals surface area contributed by atoms with Crippen molar-refractivity contribution >= 4 is 23.9 Å². The van der Waals surface area contributed by atoms with E-state index in [2.05, 4.69) is 0 Å². The van der Waals surface area contributed by atoms with Crippen LogP contribution in [0.25, 0.3) is 0 Å². The van der Waals surface area contributed by atoms with E-state index in [1.54, 1.807) is 0 Å². The van der Waals surface area contributed by atoms with Gasteiger partial charge in [-0.15, -0.1) is 0 Å². The molecular formula is C12H16O9. The van der Waals surface area contributed by atoms with Gasteiger partial charge in [0.15, 0.2) is 18.3 Å². The summed E-state index contributed by atoms with van der Waals surface area (Å²) in [4.78, 5) is 44.8. The molecule has 4 atom stereocenters. The third-order valence-corrected chi connectivity index (χ3v) is 2.57. The molecule has 1 heterocycles. The van der Waals surface area contributed by atoms with Crippen LogP contribution < -0.4 is 0 Å². The molecule has 9 nitrogen and oxygen atoms in total. The zero-order valence-electron chi connectivity index (χ0n) is 11.7. The molecule has 1 N–H and O–H groups in total. The van der Waals surface area contributed by atoms with Gasteiger partial charge >= 0.3 is 23.9 Å². The lowest BCUT2D eigenvalue weighted by Gasteiger charge is -2.25. The van der Waals surface area contributed by atoms with Crippen molar-refractivity contribution in [2.45, 2.75) is 45.2 Å². The largest absolute Gasteiger partial charge is 0.456 e. The first-order chi connectivity index (χ1) is 9.76. The number of cyclic esters (lactones) is 1. The molecule has 0 aromatic heterocycles. The highest BCUT2D eigenvalue weighted by atomic mass is 16.7. The summed E-state index contributed by atoms with van der Waals surface area (Å²) in [5.74, 6) is -3.20. The minimum atomic E-state index is -1.47. The molecule has 0 amide bonds. The number of carbonyl (C=O) groups excluding carboxylic acids is 4. The first-order valence-corrected chi connectivity index (χ1v) is 6.09. The Morgan fingerprint density at radius 1 is 1.14 bits per heavy atom. The van der Waals surface area contributed by atoms with Gasteiger partial charge in [0.05, 0.1) is 6.61 Å². The SMILES string of the molecule is CC(=O)O[C@H]1[C@H]([C@@H](CO)OC(C)=O)OC(=O)[C@@H]1OC(C)=O. The average Bonchev–Trinajstić information content (AvgIpc) is 2.63. The molecule has 0 radical (unpaired) electrons. The Bertz CT molecular complexity index is 444. The van der Waals surface area contributed by atoms with Gasteiger partial charge in [0.2, 0.25) is 6.10 Å². The molecule has 9 heteroatoms. The van der Waals surface area contributed by atoms with Gasteiger partial charge in [0.1, 0.15) is 0 Å². The summed E-state index contributed by atoms with van der Waals surface area (Å²) < 4.78 is 19.4. The molecule has 1 fully saturated rings. The highest BCUT2D eigenvalue weighted by molar-refractivity contribution is 5.82. The van der Waals surface area contributed by atoms with E-state index in [-0.39, 0.29) is 0 Å². The molecule has 21 heavy (non-hydrogen) atoms. The standard InChI is InChI=1S/C12H16O9/c1-5(14)18-8(4-13)9-10(19-6(2)15)11(12(17)21-9)20-7(3)16/h8-11,13H,4H2,1-3H3/t8-,9+,10+,11-/m1/s1. The second-order valence-electron chi connectivity index (χ2n) is 4.34. The highest BCUT2D eigenvalue weighted by Crippen LogP contribution is 2.26. The van der Waals surface area contributed by atoms with E-state index in [0.29, 0.717) is 0 Å². The predicted octanol–water partition coefficient (Wildman–Crippen LogP) is -1.30. The lowest BCUT2D eigenvalue weighted by Crippen LogP contribution is -2.46. The predicted molar refractivity (Wildman–Crippen MR) is 63.6 cm³/mol. The van der Waals surface area contributed by atoms with Crippen molar-refractivity contribution in [3.8, 4) is 0 Å². The molecular weight excluding hydrogens is 288 g/mol. The molecule has 0 aliphatic carbocycles. The van der Waals surface area contributed by atoms with E-state index < -0.39 is 54.9 Å². The van der Waals surface area contributed by atoms with Crippen molar-refractivity contribution in [2.75, 3.05) is 6.61 Å². The average molecular weight is 304 g/mol. The number of hydrogen-bond donors (Lipinski definition) is 1. The fraction of sp³-hybridized carbons (Fsp3) is 0.667. The molecule has 0 spiro atoms. The highest BCUT2D eigenvalue weighted by Gasteiger charge is 2.53. The summed E-state index contributed by atoms with van der Waals surface area (Å²) in [5, 5.41) is 9.22. The van der Waals surface area contributed by atoms with Crippen LogP contribution in [-0.4, -0.2) is 60.0 Å². The lowest BCUT2D eigenvalue weighted by molar-refractivity contribution is -0.172. The lowest BCUT2D eigenvalue weighted by atomic mass is 10.1. The van der Waals surface area contributed by atoms with Crippen molar-refractivity contribution in [3.63, 3.8) is 0 Å².